The largest absolute Gasteiger partial charge is 0.375 e. The average molecular weight is 454 g/mol. The number of fused-ring (bicyclic) bond motifs is 2. The van der Waals surface area contributed by atoms with Crippen molar-refractivity contribution in [2.75, 3.05) is 24.3 Å². The smallest absolute Gasteiger partial charge is 0.232 e. The maximum absolute atomic E-state index is 15.2. The van der Waals surface area contributed by atoms with Gasteiger partial charge in [0.2, 0.25) is 5.91 Å². The first-order valence-electron chi connectivity index (χ1n) is 11.6. The first-order valence-corrected chi connectivity index (χ1v) is 11.6. The van der Waals surface area contributed by atoms with Crippen molar-refractivity contribution in [3.05, 3.63) is 88.9 Å². The zero-order valence-corrected chi connectivity index (χ0v) is 19.9. The van der Waals surface area contributed by atoms with E-state index in [2.05, 4.69) is 16.4 Å². The number of nitrogens with one attached hydrogen (secondary N) is 1. The van der Waals surface area contributed by atoms with E-state index in [0.29, 0.717) is 16.8 Å². The number of aromatic nitrogens is 1. The molecular weight excluding hydrogens is 425 g/mol. The second-order valence-electron chi connectivity index (χ2n) is 9.26. The van der Waals surface area contributed by atoms with Gasteiger partial charge in [0.25, 0.3) is 0 Å². The maximum atomic E-state index is 15.2. The molecule has 1 aromatic heterocycles. The molecule has 3 aromatic carbocycles. The van der Waals surface area contributed by atoms with Gasteiger partial charge < -0.3 is 10.2 Å². The number of halogens is 1. The zero-order valence-electron chi connectivity index (χ0n) is 19.9. The number of benzene rings is 3. The van der Waals surface area contributed by atoms with Crippen LogP contribution in [0.15, 0.2) is 60.8 Å². The molecule has 34 heavy (non-hydrogen) atoms. The number of anilines is 2. The van der Waals surface area contributed by atoms with Gasteiger partial charge >= 0.3 is 0 Å². The topological polar surface area (TPSA) is 45.2 Å². The first kappa shape index (κ1) is 22.1. The van der Waals surface area contributed by atoms with Crippen LogP contribution in [0.1, 0.15) is 34.6 Å². The molecule has 0 fully saturated rings. The van der Waals surface area contributed by atoms with Crippen LogP contribution in [0, 0.1) is 19.7 Å². The lowest BCUT2D eigenvalue weighted by Gasteiger charge is -2.22. The van der Waals surface area contributed by atoms with E-state index in [9.17, 15) is 4.79 Å². The Morgan fingerprint density at radius 1 is 1.06 bits per heavy atom. The van der Waals surface area contributed by atoms with Crippen molar-refractivity contribution in [3.63, 3.8) is 0 Å². The number of rotatable bonds is 4. The van der Waals surface area contributed by atoms with Crippen LogP contribution < -0.4 is 10.2 Å². The van der Waals surface area contributed by atoms with Gasteiger partial charge in [0.05, 0.1) is 29.0 Å². The minimum Gasteiger partial charge on any atom is -0.375 e. The fourth-order valence-corrected chi connectivity index (χ4v) is 5.13. The highest BCUT2D eigenvalue weighted by Gasteiger charge is 2.29. The number of aryl methyl sites for hydroxylation is 2. The molecule has 4 nitrogen and oxygen atoms in total. The predicted molar refractivity (Wildman–Crippen MR) is 137 cm³/mol. The molecule has 1 aliphatic carbocycles. The molecule has 1 aliphatic rings. The summed E-state index contributed by atoms with van der Waals surface area (Å²) in [5.41, 5.74) is 7.81. The molecule has 1 atom stereocenters. The summed E-state index contributed by atoms with van der Waals surface area (Å²) in [6.45, 7) is 4.03. The Hall–Kier alpha value is -3.73. The van der Waals surface area contributed by atoms with Crippen molar-refractivity contribution < 1.29 is 9.18 Å². The highest BCUT2D eigenvalue weighted by atomic mass is 19.1. The SMILES string of the molecule is Cc1cccc(-c2c(F)ccc3c(N(C)C)c(NC(=O)C4CCc5ccccc54)cnc23)c1C. The molecular formula is C29H28FN3O. The highest BCUT2D eigenvalue weighted by molar-refractivity contribution is 6.08. The van der Waals surface area contributed by atoms with E-state index in [-0.39, 0.29) is 17.6 Å². The predicted octanol–water partition coefficient (Wildman–Crippen LogP) is 6.39. The Kier molecular flexibility index (Phi) is 5.56. The second-order valence-corrected chi connectivity index (χ2v) is 9.26. The Morgan fingerprint density at radius 3 is 2.65 bits per heavy atom. The summed E-state index contributed by atoms with van der Waals surface area (Å²) >= 11 is 0. The number of hydrogen-bond donors (Lipinski definition) is 1. The fourth-order valence-electron chi connectivity index (χ4n) is 5.13. The summed E-state index contributed by atoms with van der Waals surface area (Å²) in [4.78, 5) is 19.9. The average Bonchev–Trinajstić information content (AvgIpc) is 3.25. The van der Waals surface area contributed by atoms with Crippen molar-refractivity contribution in [3.8, 4) is 11.1 Å². The van der Waals surface area contributed by atoms with Crippen LogP contribution in [0.4, 0.5) is 15.8 Å². The maximum Gasteiger partial charge on any atom is 0.232 e. The zero-order chi connectivity index (χ0) is 24.0. The van der Waals surface area contributed by atoms with Crippen molar-refractivity contribution in [2.24, 2.45) is 0 Å². The molecule has 1 unspecified atom stereocenters. The minimum absolute atomic E-state index is 0.0361. The number of pyridine rings is 1. The summed E-state index contributed by atoms with van der Waals surface area (Å²) in [5, 5.41) is 3.92. The van der Waals surface area contributed by atoms with E-state index >= 15 is 4.39 Å². The molecule has 4 aromatic rings. The monoisotopic (exact) mass is 453 g/mol. The van der Waals surface area contributed by atoms with Gasteiger partial charge in [-0.2, -0.15) is 0 Å². The molecule has 172 valence electrons. The van der Waals surface area contributed by atoms with Crippen LogP contribution in [0.2, 0.25) is 0 Å². The molecule has 0 radical (unpaired) electrons. The van der Waals surface area contributed by atoms with E-state index in [0.717, 1.165) is 46.2 Å². The molecule has 5 heteroatoms. The van der Waals surface area contributed by atoms with Gasteiger partial charge in [-0.25, -0.2) is 4.39 Å². The number of carbonyl (C=O) groups excluding carboxylic acids is 1. The molecule has 0 aliphatic heterocycles. The van der Waals surface area contributed by atoms with Crippen LogP contribution in [-0.4, -0.2) is 25.0 Å². The molecule has 0 spiro atoms. The Bertz CT molecular complexity index is 1430. The molecule has 1 amide bonds. The van der Waals surface area contributed by atoms with Gasteiger partial charge in [0.15, 0.2) is 0 Å². The third kappa shape index (κ3) is 3.61. The summed E-state index contributed by atoms with van der Waals surface area (Å²) in [6.07, 6.45) is 3.36. The van der Waals surface area contributed by atoms with E-state index in [1.165, 1.54) is 11.6 Å². The van der Waals surface area contributed by atoms with E-state index in [1.807, 2.05) is 69.2 Å². The lowest BCUT2D eigenvalue weighted by atomic mass is 9.94. The molecule has 0 saturated heterocycles. The summed E-state index contributed by atoms with van der Waals surface area (Å²) in [5.74, 6) is -0.524. The normalized spacial score (nSPS) is 14.8. The third-order valence-electron chi connectivity index (χ3n) is 6.99. The number of hydrogen-bond acceptors (Lipinski definition) is 3. The molecule has 0 saturated carbocycles. The number of nitrogens with zero attached hydrogens (tertiary/aromatic N) is 2. The third-order valence-corrected chi connectivity index (χ3v) is 6.99. The van der Waals surface area contributed by atoms with Crippen molar-refractivity contribution in [2.45, 2.75) is 32.6 Å². The van der Waals surface area contributed by atoms with Crippen molar-refractivity contribution in [1.82, 2.24) is 4.98 Å². The number of amides is 1. The van der Waals surface area contributed by atoms with Crippen LogP contribution >= 0.6 is 0 Å². The van der Waals surface area contributed by atoms with Gasteiger partial charge in [0, 0.05) is 25.0 Å². The van der Waals surface area contributed by atoms with Crippen LogP contribution in [0.5, 0.6) is 0 Å². The summed E-state index contributed by atoms with van der Waals surface area (Å²) in [7, 11) is 3.85. The summed E-state index contributed by atoms with van der Waals surface area (Å²) in [6, 6.07) is 17.3. The van der Waals surface area contributed by atoms with Crippen LogP contribution in [-0.2, 0) is 11.2 Å². The Balaban J connectivity index is 1.61. The summed E-state index contributed by atoms with van der Waals surface area (Å²) < 4.78 is 15.2. The highest BCUT2D eigenvalue weighted by Crippen LogP contribution is 2.40. The lowest BCUT2D eigenvalue weighted by molar-refractivity contribution is -0.117. The molecule has 1 N–H and O–H groups in total. The number of carbonyl (C=O) groups is 1. The second kappa shape index (κ2) is 8.56. The quantitative estimate of drug-likeness (QED) is 0.389. The van der Waals surface area contributed by atoms with E-state index < -0.39 is 0 Å². The van der Waals surface area contributed by atoms with Gasteiger partial charge in [-0.1, -0.05) is 42.5 Å². The molecule has 0 bridgehead atoms. The Labute approximate surface area is 199 Å². The van der Waals surface area contributed by atoms with Gasteiger partial charge in [-0.15, -0.1) is 0 Å². The Morgan fingerprint density at radius 2 is 1.85 bits per heavy atom. The van der Waals surface area contributed by atoms with Crippen molar-refractivity contribution in [1.29, 1.82) is 0 Å². The first-order chi connectivity index (χ1) is 16.4. The standard InChI is InChI=1S/C29H28FN3O/c1-17-8-7-11-20(18(17)2)26-24(30)15-14-23-27(26)31-16-25(28(23)33(3)4)32-29(34)22-13-12-19-9-5-6-10-21(19)22/h5-11,14-16,22H,12-13H2,1-4H3,(H,32,34). The van der Waals surface area contributed by atoms with E-state index in [1.54, 1.807) is 12.3 Å². The van der Waals surface area contributed by atoms with Gasteiger partial charge in [-0.3, -0.25) is 9.78 Å². The molecule has 1 heterocycles. The minimum atomic E-state index is -0.308. The molecule has 5 rings (SSSR count). The lowest BCUT2D eigenvalue weighted by Crippen LogP contribution is -2.22. The van der Waals surface area contributed by atoms with Crippen LogP contribution in [0.3, 0.4) is 0 Å². The van der Waals surface area contributed by atoms with Gasteiger partial charge in [-0.05, 0) is 66.6 Å². The van der Waals surface area contributed by atoms with Gasteiger partial charge in [0.1, 0.15) is 5.82 Å². The van der Waals surface area contributed by atoms with Crippen LogP contribution in [0.25, 0.3) is 22.0 Å². The fraction of sp³-hybridized carbons (Fsp3) is 0.241. The van der Waals surface area contributed by atoms with E-state index in [4.69, 9.17) is 0 Å². The van der Waals surface area contributed by atoms with Crippen molar-refractivity contribution >= 4 is 28.2 Å².